The van der Waals surface area contributed by atoms with Crippen LogP contribution in [0.5, 0.6) is 0 Å². The summed E-state index contributed by atoms with van der Waals surface area (Å²) in [5, 5.41) is 1.24. The van der Waals surface area contributed by atoms with Gasteiger partial charge in [-0.3, -0.25) is 0 Å². The van der Waals surface area contributed by atoms with E-state index >= 15 is 0 Å². The Morgan fingerprint density at radius 2 is 1.73 bits per heavy atom. The second kappa shape index (κ2) is 6.21. The minimum atomic E-state index is 0.189. The topological polar surface area (TPSA) is 3.24 Å². The van der Waals surface area contributed by atoms with Crippen LogP contribution >= 0.6 is 45.8 Å². The fourth-order valence-corrected chi connectivity index (χ4v) is 5.34. The molecule has 1 aliphatic rings. The quantitative estimate of drug-likeness (QED) is 0.391. The van der Waals surface area contributed by atoms with E-state index in [2.05, 4.69) is 77.7 Å². The lowest BCUT2D eigenvalue weighted by Crippen LogP contribution is -2.65. The molecule has 1 nitrogen and oxygen atoms in total. The first-order valence-electron chi connectivity index (χ1n) is 7.31. The molecular formula is C18H18Cl2IN. The summed E-state index contributed by atoms with van der Waals surface area (Å²) in [5.41, 5.74) is 2.68. The maximum Gasteiger partial charge on any atom is 0.0617 e. The predicted molar refractivity (Wildman–Crippen MR) is 105 cm³/mol. The molecule has 0 radical (unpaired) electrons. The molecule has 0 unspecified atom stereocenters. The van der Waals surface area contributed by atoms with Crippen molar-refractivity contribution in [3.05, 3.63) is 64.1 Å². The lowest BCUT2D eigenvalue weighted by atomic mass is 9.65. The van der Waals surface area contributed by atoms with Gasteiger partial charge in [0.15, 0.2) is 0 Å². The van der Waals surface area contributed by atoms with Gasteiger partial charge in [0.05, 0.1) is 16.1 Å². The van der Waals surface area contributed by atoms with E-state index in [-0.39, 0.29) is 5.41 Å². The normalized spacial score (nSPS) is 23.2. The highest BCUT2D eigenvalue weighted by molar-refractivity contribution is 14.1. The molecule has 0 amide bonds. The van der Waals surface area contributed by atoms with Crippen LogP contribution < -0.4 is 4.90 Å². The molecule has 0 spiro atoms. The first-order chi connectivity index (χ1) is 10.5. The van der Waals surface area contributed by atoms with Crippen molar-refractivity contribution in [1.29, 1.82) is 0 Å². The Morgan fingerprint density at radius 3 is 2.32 bits per heavy atom. The van der Waals surface area contributed by atoms with Gasteiger partial charge in [-0.25, -0.2) is 0 Å². The Bertz CT molecular complexity index is 672. The Balaban J connectivity index is 2.04. The molecule has 2 aromatic rings. The second-order valence-electron chi connectivity index (χ2n) is 6.31. The molecule has 2 atom stereocenters. The van der Waals surface area contributed by atoms with Crippen molar-refractivity contribution in [3.63, 3.8) is 0 Å². The van der Waals surface area contributed by atoms with Gasteiger partial charge in [0.2, 0.25) is 0 Å². The van der Waals surface area contributed by atoms with Gasteiger partial charge in [0.25, 0.3) is 0 Å². The largest absolute Gasteiger partial charge is 0.359 e. The highest BCUT2D eigenvalue weighted by Crippen LogP contribution is 2.56. The lowest BCUT2D eigenvalue weighted by Gasteiger charge is -2.62. The van der Waals surface area contributed by atoms with Crippen LogP contribution in [0.15, 0.2) is 48.5 Å². The van der Waals surface area contributed by atoms with E-state index in [1.54, 1.807) is 0 Å². The van der Waals surface area contributed by atoms with E-state index in [1.165, 1.54) is 11.3 Å². The summed E-state index contributed by atoms with van der Waals surface area (Å²) in [4.78, 5) is 2.51. The Labute approximate surface area is 155 Å². The van der Waals surface area contributed by atoms with Gasteiger partial charge in [-0.15, -0.1) is 0 Å². The van der Waals surface area contributed by atoms with Crippen molar-refractivity contribution in [2.75, 3.05) is 9.33 Å². The summed E-state index contributed by atoms with van der Waals surface area (Å²) in [6, 6.07) is 17.4. The molecular weight excluding hydrogens is 428 g/mol. The molecule has 1 saturated heterocycles. The number of nitrogens with zero attached hydrogens (tertiary/aromatic N) is 1. The van der Waals surface area contributed by atoms with Gasteiger partial charge >= 0.3 is 0 Å². The van der Waals surface area contributed by atoms with E-state index < -0.39 is 0 Å². The molecule has 22 heavy (non-hydrogen) atoms. The van der Waals surface area contributed by atoms with Crippen molar-refractivity contribution in [3.8, 4) is 0 Å². The van der Waals surface area contributed by atoms with Crippen LogP contribution in [-0.2, 0) is 0 Å². The summed E-state index contributed by atoms with van der Waals surface area (Å²) < 4.78 is 1.09. The first kappa shape index (κ1) is 16.4. The smallest absolute Gasteiger partial charge is 0.0617 e. The Morgan fingerprint density at radius 1 is 1.05 bits per heavy atom. The van der Waals surface area contributed by atoms with E-state index in [1.807, 2.05) is 12.1 Å². The molecule has 3 rings (SSSR count). The minimum absolute atomic E-state index is 0.189. The number of benzene rings is 2. The summed E-state index contributed by atoms with van der Waals surface area (Å²) in [7, 11) is 0. The predicted octanol–water partition coefficient (Wildman–Crippen LogP) is 6.38. The first-order valence-corrected chi connectivity index (χ1v) is 9.59. The highest BCUT2D eigenvalue weighted by atomic mass is 127. The molecule has 2 aromatic carbocycles. The molecule has 0 N–H and O–H groups in total. The third kappa shape index (κ3) is 2.63. The van der Waals surface area contributed by atoms with E-state index in [9.17, 15) is 0 Å². The number of hydrogen-bond acceptors (Lipinski definition) is 1. The summed E-state index contributed by atoms with van der Waals surface area (Å²) in [5.74, 6) is 0. The molecule has 1 fully saturated rings. The number of alkyl halides is 1. The molecule has 0 aliphatic carbocycles. The van der Waals surface area contributed by atoms with Crippen LogP contribution in [0.2, 0.25) is 10.0 Å². The molecule has 0 bridgehead atoms. The monoisotopic (exact) mass is 445 g/mol. The van der Waals surface area contributed by atoms with Crippen molar-refractivity contribution >= 4 is 51.5 Å². The van der Waals surface area contributed by atoms with E-state index in [4.69, 9.17) is 23.2 Å². The number of anilines is 1. The van der Waals surface area contributed by atoms with Gasteiger partial charge in [0, 0.05) is 21.6 Å². The Kier molecular flexibility index (Phi) is 4.64. The second-order valence-corrected chi connectivity index (χ2v) is 8.01. The van der Waals surface area contributed by atoms with Gasteiger partial charge in [0.1, 0.15) is 0 Å². The van der Waals surface area contributed by atoms with Crippen LogP contribution in [0, 0.1) is 5.41 Å². The van der Waals surface area contributed by atoms with Crippen molar-refractivity contribution in [2.24, 2.45) is 5.41 Å². The van der Waals surface area contributed by atoms with E-state index in [0.717, 1.165) is 4.43 Å². The van der Waals surface area contributed by atoms with Crippen molar-refractivity contribution in [2.45, 2.75) is 25.9 Å². The average molecular weight is 446 g/mol. The van der Waals surface area contributed by atoms with Crippen molar-refractivity contribution in [1.82, 2.24) is 0 Å². The fraction of sp³-hybridized carbons (Fsp3) is 0.333. The maximum atomic E-state index is 6.24. The fourth-order valence-electron chi connectivity index (χ4n) is 3.47. The third-order valence-electron chi connectivity index (χ3n) is 4.64. The highest BCUT2D eigenvalue weighted by Gasteiger charge is 2.54. The van der Waals surface area contributed by atoms with Crippen LogP contribution in [0.3, 0.4) is 0 Å². The minimum Gasteiger partial charge on any atom is -0.359 e. The van der Waals surface area contributed by atoms with Crippen molar-refractivity contribution < 1.29 is 0 Å². The number of hydrogen-bond donors (Lipinski definition) is 0. The zero-order chi connectivity index (χ0) is 15.9. The van der Waals surface area contributed by atoms with Crippen LogP contribution in [-0.4, -0.2) is 10.5 Å². The molecule has 1 heterocycles. The molecule has 0 saturated carbocycles. The molecule has 116 valence electrons. The van der Waals surface area contributed by atoms with Gasteiger partial charge < -0.3 is 4.90 Å². The van der Waals surface area contributed by atoms with Gasteiger partial charge in [-0.2, -0.15) is 0 Å². The van der Waals surface area contributed by atoms with Gasteiger partial charge in [-0.05, 0) is 29.8 Å². The number of rotatable bonds is 3. The standard InChI is InChI=1S/C18H18Cl2IN/c1-18(2)16(11-21)22(13-6-4-3-5-7-13)17(18)12-8-9-14(19)15(20)10-12/h3-10,16-17H,11H2,1-2H3/t16-,17+/m0/s1. The number of halogens is 3. The van der Waals surface area contributed by atoms with Crippen LogP contribution in [0.25, 0.3) is 0 Å². The zero-order valence-electron chi connectivity index (χ0n) is 12.6. The maximum absolute atomic E-state index is 6.24. The van der Waals surface area contributed by atoms with E-state index in [0.29, 0.717) is 22.1 Å². The lowest BCUT2D eigenvalue weighted by molar-refractivity contribution is 0.116. The Hall–Kier alpha value is -0.450. The van der Waals surface area contributed by atoms with Crippen LogP contribution in [0.1, 0.15) is 25.5 Å². The zero-order valence-corrected chi connectivity index (χ0v) is 16.2. The molecule has 0 aromatic heterocycles. The third-order valence-corrected chi connectivity index (χ3v) is 6.21. The molecule has 4 heteroatoms. The average Bonchev–Trinajstić information content (AvgIpc) is 2.50. The summed E-state index contributed by atoms with van der Waals surface area (Å²) in [6.45, 7) is 4.67. The summed E-state index contributed by atoms with van der Waals surface area (Å²) >= 11 is 14.8. The number of para-hydroxylation sites is 1. The summed E-state index contributed by atoms with van der Waals surface area (Å²) in [6.07, 6.45) is 0. The molecule has 1 aliphatic heterocycles. The van der Waals surface area contributed by atoms with Gasteiger partial charge in [-0.1, -0.05) is 83.9 Å². The van der Waals surface area contributed by atoms with Crippen LogP contribution in [0.4, 0.5) is 5.69 Å². The SMILES string of the molecule is CC1(C)[C@H](CI)N(c2ccccc2)[C@@H]1c1ccc(Cl)c(Cl)c1.